The lowest BCUT2D eigenvalue weighted by Crippen LogP contribution is -2.55. The number of rotatable bonds is 4. The van der Waals surface area contributed by atoms with E-state index in [1.165, 1.54) is 19.3 Å². The summed E-state index contributed by atoms with van der Waals surface area (Å²) in [6.45, 7) is 9.64. The maximum absolute atomic E-state index is 12.1. The molecule has 2 saturated heterocycles. The van der Waals surface area contributed by atoms with Crippen molar-refractivity contribution < 1.29 is 4.79 Å². The van der Waals surface area contributed by atoms with Gasteiger partial charge in [0.1, 0.15) is 0 Å². The van der Waals surface area contributed by atoms with Crippen molar-refractivity contribution in [1.82, 2.24) is 20.4 Å². The molecule has 0 aliphatic carbocycles. The summed E-state index contributed by atoms with van der Waals surface area (Å²) in [5.41, 5.74) is 0.0462. The molecule has 0 spiro atoms. The zero-order valence-electron chi connectivity index (χ0n) is 14.0. The minimum Gasteiger partial charge on any atom is -0.336 e. The molecule has 2 heterocycles. The Bertz CT molecular complexity index is 331. The molecule has 5 nitrogen and oxygen atoms in total. The van der Waals surface area contributed by atoms with E-state index >= 15 is 0 Å². The highest BCUT2D eigenvalue weighted by Crippen LogP contribution is 2.19. The van der Waals surface area contributed by atoms with Crippen LogP contribution in [0.4, 0.5) is 4.79 Å². The summed E-state index contributed by atoms with van der Waals surface area (Å²) >= 11 is 0. The lowest BCUT2D eigenvalue weighted by atomic mass is 9.98. The highest BCUT2D eigenvalue weighted by molar-refractivity contribution is 5.74. The number of nitrogens with one attached hydrogen (secondary N) is 2. The Morgan fingerprint density at radius 1 is 1.10 bits per heavy atom. The van der Waals surface area contributed by atoms with E-state index in [1.54, 1.807) is 0 Å². The molecule has 2 amide bonds. The van der Waals surface area contributed by atoms with Gasteiger partial charge in [0.2, 0.25) is 0 Å². The minimum atomic E-state index is -0.00497. The SMILES string of the molecule is CN1CCC(NC(=O)NCC(C)(C)N2CCCCC2)CC1. The fourth-order valence-electron chi connectivity index (χ4n) is 3.30. The summed E-state index contributed by atoms with van der Waals surface area (Å²) < 4.78 is 0. The van der Waals surface area contributed by atoms with Gasteiger partial charge in [-0.15, -0.1) is 0 Å². The summed E-state index contributed by atoms with van der Waals surface area (Å²) in [5.74, 6) is 0. The molecular weight excluding hydrogens is 264 g/mol. The van der Waals surface area contributed by atoms with Crippen molar-refractivity contribution in [2.45, 2.75) is 57.5 Å². The molecule has 0 saturated carbocycles. The molecule has 0 aromatic rings. The van der Waals surface area contributed by atoms with Crippen molar-refractivity contribution in [3.63, 3.8) is 0 Å². The molecule has 2 rings (SSSR count). The summed E-state index contributed by atoms with van der Waals surface area (Å²) in [7, 11) is 2.14. The van der Waals surface area contributed by atoms with Crippen LogP contribution in [0, 0.1) is 0 Å². The molecule has 0 unspecified atom stereocenters. The van der Waals surface area contributed by atoms with Crippen LogP contribution in [-0.2, 0) is 0 Å². The number of piperidine rings is 2. The van der Waals surface area contributed by atoms with E-state index in [0.717, 1.165) is 39.0 Å². The van der Waals surface area contributed by atoms with Crippen LogP contribution in [0.5, 0.6) is 0 Å². The molecule has 0 radical (unpaired) electrons. The van der Waals surface area contributed by atoms with Gasteiger partial charge in [-0.25, -0.2) is 4.79 Å². The fraction of sp³-hybridized carbons (Fsp3) is 0.938. The number of carbonyl (C=O) groups excluding carboxylic acids is 1. The second kappa shape index (κ2) is 7.45. The van der Waals surface area contributed by atoms with Crippen molar-refractivity contribution in [2.75, 3.05) is 39.8 Å². The van der Waals surface area contributed by atoms with E-state index < -0.39 is 0 Å². The third-order valence-corrected chi connectivity index (χ3v) is 4.95. The van der Waals surface area contributed by atoms with Crippen LogP contribution in [0.2, 0.25) is 0 Å². The van der Waals surface area contributed by atoms with Crippen LogP contribution in [0.15, 0.2) is 0 Å². The van der Waals surface area contributed by atoms with Crippen LogP contribution in [-0.4, -0.2) is 67.2 Å². The third kappa shape index (κ3) is 5.15. The average Bonchev–Trinajstić information content (AvgIpc) is 2.49. The van der Waals surface area contributed by atoms with Gasteiger partial charge < -0.3 is 15.5 Å². The van der Waals surface area contributed by atoms with Gasteiger partial charge in [0.05, 0.1) is 0 Å². The van der Waals surface area contributed by atoms with Gasteiger partial charge in [-0.1, -0.05) is 6.42 Å². The van der Waals surface area contributed by atoms with Gasteiger partial charge in [0.15, 0.2) is 0 Å². The normalized spacial score (nSPS) is 23.0. The molecule has 122 valence electrons. The maximum atomic E-state index is 12.1. The van der Waals surface area contributed by atoms with Crippen LogP contribution < -0.4 is 10.6 Å². The third-order valence-electron chi connectivity index (χ3n) is 4.95. The monoisotopic (exact) mass is 296 g/mol. The standard InChI is InChI=1S/C16H32N4O/c1-16(2,20-9-5-4-6-10-20)13-17-15(21)18-14-7-11-19(3)12-8-14/h14H,4-13H2,1-3H3,(H2,17,18,21). The van der Waals surface area contributed by atoms with E-state index in [4.69, 9.17) is 0 Å². The van der Waals surface area contributed by atoms with Gasteiger partial charge in [-0.05, 0) is 72.8 Å². The molecule has 0 bridgehead atoms. The number of likely N-dealkylation sites (tertiary alicyclic amines) is 2. The second-order valence-electron chi connectivity index (χ2n) is 7.26. The Morgan fingerprint density at radius 3 is 2.33 bits per heavy atom. The van der Waals surface area contributed by atoms with Crippen molar-refractivity contribution in [2.24, 2.45) is 0 Å². The lowest BCUT2D eigenvalue weighted by molar-refractivity contribution is 0.0957. The van der Waals surface area contributed by atoms with E-state index in [9.17, 15) is 4.79 Å². The predicted molar refractivity (Wildman–Crippen MR) is 86.6 cm³/mol. The van der Waals surface area contributed by atoms with Crippen molar-refractivity contribution in [1.29, 1.82) is 0 Å². The Balaban J connectivity index is 1.70. The Morgan fingerprint density at radius 2 is 1.71 bits per heavy atom. The minimum absolute atomic E-state index is 0.00497. The Hall–Kier alpha value is -0.810. The first-order valence-electron chi connectivity index (χ1n) is 8.45. The molecule has 21 heavy (non-hydrogen) atoms. The second-order valence-corrected chi connectivity index (χ2v) is 7.26. The number of hydrogen-bond donors (Lipinski definition) is 2. The summed E-state index contributed by atoms with van der Waals surface area (Å²) in [6.07, 6.45) is 6.02. The van der Waals surface area contributed by atoms with E-state index in [-0.39, 0.29) is 11.6 Å². The fourth-order valence-corrected chi connectivity index (χ4v) is 3.30. The van der Waals surface area contributed by atoms with Gasteiger partial charge in [0.25, 0.3) is 0 Å². The first-order chi connectivity index (χ1) is 9.97. The summed E-state index contributed by atoms with van der Waals surface area (Å²) in [6, 6.07) is 0.328. The molecule has 5 heteroatoms. The lowest BCUT2D eigenvalue weighted by Gasteiger charge is -2.41. The smallest absolute Gasteiger partial charge is 0.315 e. The zero-order chi connectivity index (χ0) is 15.3. The quantitative estimate of drug-likeness (QED) is 0.829. The summed E-state index contributed by atoms with van der Waals surface area (Å²) in [4.78, 5) is 16.9. The number of amides is 2. The number of carbonyl (C=O) groups is 1. The first-order valence-corrected chi connectivity index (χ1v) is 8.45. The highest BCUT2D eigenvalue weighted by Gasteiger charge is 2.28. The van der Waals surface area contributed by atoms with Gasteiger partial charge >= 0.3 is 6.03 Å². The molecule has 2 aliphatic rings. The van der Waals surface area contributed by atoms with E-state index in [0.29, 0.717) is 12.6 Å². The Labute approximate surface area is 129 Å². The zero-order valence-corrected chi connectivity index (χ0v) is 14.0. The van der Waals surface area contributed by atoms with E-state index in [1.807, 2.05) is 0 Å². The topological polar surface area (TPSA) is 47.6 Å². The molecule has 0 atom stereocenters. The Kier molecular flexibility index (Phi) is 5.88. The van der Waals surface area contributed by atoms with Crippen molar-refractivity contribution in [3.05, 3.63) is 0 Å². The van der Waals surface area contributed by atoms with Gasteiger partial charge in [-0.2, -0.15) is 0 Å². The van der Waals surface area contributed by atoms with Crippen molar-refractivity contribution >= 4 is 6.03 Å². The summed E-state index contributed by atoms with van der Waals surface area (Å²) in [5, 5.41) is 6.19. The van der Waals surface area contributed by atoms with Crippen LogP contribution in [0.3, 0.4) is 0 Å². The van der Waals surface area contributed by atoms with Crippen LogP contribution in [0.25, 0.3) is 0 Å². The van der Waals surface area contributed by atoms with Gasteiger partial charge in [-0.3, -0.25) is 4.90 Å². The number of nitrogens with zero attached hydrogens (tertiary/aromatic N) is 2. The van der Waals surface area contributed by atoms with E-state index in [2.05, 4.69) is 41.3 Å². The first kappa shape index (κ1) is 16.6. The molecule has 2 N–H and O–H groups in total. The van der Waals surface area contributed by atoms with Crippen LogP contribution >= 0.6 is 0 Å². The predicted octanol–water partition coefficient (Wildman–Crippen LogP) is 1.64. The number of urea groups is 1. The maximum Gasteiger partial charge on any atom is 0.315 e. The molecule has 2 fully saturated rings. The molecular formula is C16H32N4O. The largest absolute Gasteiger partial charge is 0.336 e. The molecule has 2 aliphatic heterocycles. The molecule has 0 aromatic heterocycles. The van der Waals surface area contributed by atoms with Gasteiger partial charge in [0, 0.05) is 18.1 Å². The van der Waals surface area contributed by atoms with Crippen LogP contribution in [0.1, 0.15) is 46.0 Å². The highest BCUT2D eigenvalue weighted by atomic mass is 16.2. The molecule has 0 aromatic carbocycles. The number of hydrogen-bond acceptors (Lipinski definition) is 3. The average molecular weight is 296 g/mol. The van der Waals surface area contributed by atoms with Crippen molar-refractivity contribution in [3.8, 4) is 0 Å².